The Morgan fingerprint density at radius 1 is 1.17 bits per heavy atom. The van der Waals surface area contributed by atoms with Gasteiger partial charge in [-0.2, -0.15) is 0 Å². The Bertz CT molecular complexity index is 1060. The van der Waals surface area contributed by atoms with E-state index in [-0.39, 0.29) is 5.78 Å². The molecule has 4 rings (SSSR count). The van der Waals surface area contributed by atoms with E-state index in [2.05, 4.69) is 36.1 Å². The largest absolute Gasteiger partial charge is 0.379 e. The number of halogens is 1. The minimum atomic E-state index is 0.0842. The predicted molar refractivity (Wildman–Crippen MR) is 122 cm³/mol. The molecule has 0 radical (unpaired) electrons. The maximum atomic E-state index is 12.4. The summed E-state index contributed by atoms with van der Waals surface area (Å²) in [6, 6.07) is 13.8. The van der Waals surface area contributed by atoms with Crippen LogP contribution in [-0.4, -0.2) is 53.5 Å². The van der Waals surface area contributed by atoms with Gasteiger partial charge in [0.05, 0.1) is 18.7 Å². The highest BCUT2D eigenvalue weighted by molar-refractivity contribution is 9.10. The monoisotopic (exact) mass is 466 g/mol. The van der Waals surface area contributed by atoms with Gasteiger partial charge in [-0.15, -0.1) is 0 Å². The number of carbonyl (C=O) groups excluding carboxylic acids is 1. The lowest BCUT2D eigenvalue weighted by molar-refractivity contribution is -0.114. The molecule has 0 atom stereocenters. The number of rotatable bonds is 7. The summed E-state index contributed by atoms with van der Waals surface area (Å²) < 4.78 is 6.33. The summed E-state index contributed by atoms with van der Waals surface area (Å²) in [5.74, 6) is 0.802. The van der Waals surface area contributed by atoms with Gasteiger partial charge >= 0.3 is 0 Å². The average Bonchev–Trinajstić information content (AvgIpc) is 2.75. The number of nitrogens with zero attached hydrogens (tertiary/aromatic N) is 3. The number of ketones is 1. The van der Waals surface area contributed by atoms with Gasteiger partial charge < -0.3 is 10.1 Å². The van der Waals surface area contributed by atoms with Crippen molar-refractivity contribution < 1.29 is 9.53 Å². The zero-order valence-corrected chi connectivity index (χ0v) is 18.1. The summed E-state index contributed by atoms with van der Waals surface area (Å²) in [5.41, 5.74) is 2.70. The molecule has 0 amide bonds. The van der Waals surface area contributed by atoms with Crippen LogP contribution in [-0.2, 0) is 16.0 Å². The minimum Gasteiger partial charge on any atom is -0.379 e. The second-order valence-electron chi connectivity index (χ2n) is 7.17. The van der Waals surface area contributed by atoms with E-state index in [0.29, 0.717) is 6.42 Å². The maximum Gasteiger partial charge on any atom is 0.159 e. The Kier molecular flexibility index (Phi) is 6.84. The van der Waals surface area contributed by atoms with Gasteiger partial charge in [-0.25, -0.2) is 9.97 Å². The second-order valence-corrected chi connectivity index (χ2v) is 8.08. The molecular formula is C23H23BrN4O2. The third kappa shape index (κ3) is 5.50. The normalized spacial score (nSPS) is 15.0. The van der Waals surface area contributed by atoms with Crippen LogP contribution >= 0.6 is 15.9 Å². The molecule has 0 bridgehead atoms. The fourth-order valence-electron chi connectivity index (χ4n) is 3.39. The second kappa shape index (κ2) is 9.93. The van der Waals surface area contributed by atoms with E-state index in [1.807, 2.05) is 48.5 Å². The zero-order chi connectivity index (χ0) is 20.8. The molecule has 2 heterocycles. The Morgan fingerprint density at radius 2 is 2.03 bits per heavy atom. The standard InChI is InChI=1S/C23H23BrN4O2/c24-18-3-1-4-19(15-18)27-23-21-14-17(6-7-22(21)25-16-26-23)13-20(29)5-2-8-28-9-11-30-12-10-28/h1-7,14-16H,8-13H2,(H,25,26,27)/b5-2+. The van der Waals surface area contributed by atoms with E-state index in [0.717, 1.165) is 65.3 Å². The summed E-state index contributed by atoms with van der Waals surface area (Å²) in [6.45, 7) is 4.13. The first-order valence-corrected chi connectivity index (χ1v) is 10.7. The van der Waals surface area contributed by atoms with Crippen LogP contribution in [0.5, 0.6) is 0 Å². The third-order valence-electron chi connectivity index (χ3n) is 4.94. The molecule has 0 unspecified atom stereocenters. The number of nitrogens with one attached hydrogen (secondary N) is 1. The average molecular weight is 467 g/mol. The van der Waals surface area contributed by atoms with E-state index < -0.39 is 0 Å². The van der Waals surface area contributed by atoms with E-state index in [9.17, 15) is 4.79 Å². The molecule has 3 aromatic rings. The van der Waals surface area contributed by atoms with Crippen LogP contribution in [0.1, 0.15) is 5.56 Å². The zero-order valence-electron chi connectivity index (χ0n) is 16.6. The van der Waals surface area contributed by atoms with Crippen molar-refractivity contribution in [2.75, 3.05) is 38.2 Å². The van der Waals surface area contributed by atoms with Crippen molar-refractivity contribution in [3.8, 4) is 0 Å². The van der Waals surface area contributed by atoms with Crippen LogP contribution < -0.4 is 5.32 Å². The number of anilines is 2. The van der Waals surface area contributed by atoms with Gasteiger partial charge in [0.15, 0.2) is 5.78 Å². The number of aromatic nitrogens is 2. The molecule has 0 aliphatic carbocycles. The Labute approximate surface area is 184 Å². The van der Waals surface area contributed by atoms with Gasteiger partial charge in [0, 0.05) is 41.6 Å². The number of morpholine rings is 1. The quantitative estimate of drug-likeness (QED) is 0.527. The van der Waals surface area contributed by atoms with Crippen LogP contribution in [0.25, 0.3) is 10.9 Å². The van der Waals surface area contributed by atoms with Crippen molar-refractivity contribution in [1.29, 1.82) is 0 Å². The summed E-state index contributed by atoms with van der Waals surface area (Å²) >= 11 is 3.48. The molecule has 1 aliphatic rings. The fourth-order valence-corrected chi connectivity index (χ4v) is 3.79. The lowest BCUT2D eigenvalue weighted by Gasteiger charge is -2.25. The van der Waals surface area contributed by atoms with E-state index in [4.69, 9.17) is 4.74 Å². The van der Waals surface area contributed by atoms with Gasteiger partial charge in [0.1, 0.15) is 12.1 Å². The van der Waals surface area contributed by atoms with Gasteiger partial charge in [-0.1, -0.05) is 34.1 Å². The molecule has 1 saturated heterocycles. The number of fused-ring (bicyclic) bond motifs is 1. The smallest absolute Gasteiger partial charge is 0.159 e. The summed E-state index contributed by atoms with van der Waals surface area (Å²) in [7, 11) is 0. The summed E-state index contributed by atoms with van der Waals surface area (Å²) in [5, 5.41) is 4.23. The fraction of sp³-hybridized carbons (Fsp3) is 0.261. The highest BCUT2D eigenvalue weighted by Crippen LogP contribution is 2.25. The molecule has 1 N–H and O–H groups in total. The first-order chi connectivity index (χ1) is 14.7. The van der Waals surface area contributed by atoms with Crippen LogP contribution in [0, 0.1) is 0 Å². The molecule has 0 spiro atoms. The first-order valence-electron chi connectivity index (χ1n) is 9.93. The Hall–Kier alpha value is -2.61. The number of ether oxygens (including phenoxy) is 1. The van der Waals surface area contributed by atoms with Gasteiger partial charge in [0.25, 0.3) is 0 Å². The van der Waals surface area contributed by atoms with Crippen molar-refractivity contribution >= 4 is 44.1 Å². The molecule has 1 fully saturated rings. The van der Waals surface area contributed by atoms with Crippen molar-refractivity contribution in [3.63, 3.8) is 0 Å². The number of hydrogen-bond donors (Lipinski definition) is 1. The molecule has 30 heavy (non-hydrogen) atoms. The van der Waals surface area contributed by atoms with E-state index in [1.165, 1.54) is 0 Å². The Morgan fingerprint density at radius 3 is 2.87 bits per heavy atom. The minimum absolute atomic E-state index is 0.0842. The molecule has 6 nitrogen and oxygen atoms in total. The van der Waals surface area contributed by atoms with Crippen molar-refractivity contribution in [2.45, 2.75) is 6.42 Å². The van der Waals surface area contributed by atoms with Crippen LogP contribution in [0.15, 0.2) is 65.4 Å². The molecule has 1 aromatic heterocycles. The maximum absolute atomic E-state index is 12.4. The molecular weight excluding hydrogens is 444 g/mol. The SMILES string of the molecule is O=C(/C=C/CN1CCOCC1)Cc1ccc2ncnc(Nc3cccc(Br)c3)c2c1. The van der Waals surface area contributed by atoms with Crippen molar-refractivity contribution in [3.05, 3.63) is 71.0 Å². The van der Waals surface area contributed by atoms with Crippen molar-refractivity contribution in [2.24, 2.45) is 0 Å². The number of allylic oxidation sites excluding steroid dienone is 1. The number of carbonyl (C=O) groups is 1. The van der Waals surface area contributed by atoms with Crippen molar-refractivity contribution in [1.82, 2.24) is 14.9 Å². The van der Waals surface area contributed by atoms with E-state index >= 15 is 0 Å². The predicted octanol–water partition coefficient (Wildman–Crippen LogP) is 4.14. The number of benzene rings is 2. The van der Waals surface area contributed by atoms with Gasteiger partial charge in [-0.3, -0.25) is 9.69 Å². The summed E-state index contributed by atoms with van der Waals surface area (Å²) in [6.07, 6.45) is 5.52. The highest BCUT2D eigenvalue weighted by atomic mass is 79.9. The molecule has 154 valence electrons. The molecule has 2 aromatic carbocycles. The summed E-state index contributed by atoms with van der Waals surface area (Å²) in [4.78, 5) is 23.4. The highest BCUT2D eigenvalue weighted by Gasteiger charge is 2.09. The Balaban J connectivity index is 1.46. The van der Waals surface area contributed by atoms with Gasteiger partial charge in [-0.05, 0) is 42.0 Å². The topological polar surface area (TPSA) is 67.4 Å². The molecule has 0 saturated carbocycles. The first kappa shape index (κ1) is 20.7. The van der Waals surface area contributed by atoms with Crippen LogP contribution in [0.3, 0.4) is 0 Å². The van der Waals surface area contributed by atoms with Crippen LogP contribution in [0.2, 0.25) is 0 Å². The number of hydrogen-bond acceptors (Lipinski definition) is 6. The van der Waals surface area contributed by atoms with Gasteiger partial charge in [0.2, 0.25) is 0 Å². The lowest BCUT2D eigenvalue weighted by Crippen LogP contribution is -2.36. The lowest BCUT2D eigenvalue weighted by atomic mass is 10.1. The van der Waals surface area contributed by atoms with Crippen LogP contribution in [0.4, 0.5) is 11.5 Å². The molecule has 7 heteroatoms. The molecule has 1 aliphatic heterocycles. The van der Waals surface area contributed by atoms with E-state index in [1.54, 1.807) is 12.4 Å². The third-order valence-corrected chi connectivity index (χ3v) is 5.43.